The summed E-state index contributed by atoms with van der Waals surface area (Å²) in [6.07, 6.45) is 5.12. The Balaban J connectivity index is 1.45. The number of piperidine rings is 1. The number of anilines is 1. The molecule has 0 aliphatic carbocycles. The Morgan fingerprint density at radius 1 is 0.909 bits per heavy atom. The van der Waals surface area contributed by atoms with Crippen molar-refractivity contribution in [2.45, 2.75) is 44.0 Å². The third-order valence-corrected chi connectivity index (χ3v) is 7.31. The molecule has 0 amide bonds. The zero-order valence-electron chi connectivity index (χ0n) is 19.4. The van der Waals surface area contributed by atoms with Crippen molar-refractivity contribution < 1.29 is 4.74 Å². The van der Waals surface area contributed by atoms with E-state index >= 15 is 0 Å². The molecule has 3 nitrogen and oxygen atoms in total. The molecule has 4 rings (SSSR count). The summed E-state index contributed by atoms with van der Waals surface area (Å²) >= 11 is 7.84. The fraction of sp³-hybridized carbons (Fsp3) is 0.357. The van der Waals surface area contributed by atoms with Crippen LogP contribution in [0.15, 0.2) is 77.7 Å². The molecule has 3 aromatic carbocycles. The van der Waals surface area contributed by atoms with Crippen molar-refractivity contribution in [1.29, 1.82) is 0 Å². The van der Waals surface area contributed by atoms with Crippen LogP contribution < -0.4 is 9.04 Å². The monoisotopic (exact) mass is 480 g/mol. The molecule has 1 saturated heterocycles. The maximum absolute atomic E-state index is 6.28. The number of hydrogen-bond donors (Lipinski definition) is 0. The van der Waals surface area contributed by atoms with Crippen molar-refractivity contribution in [3.8, 4) is 5.75 Å². The highest BCUT2D eigenvalue weighted by atomic mass is 35.5. The van der Waals surface area contributed by atoms with E-state index in [4.69, 9.17) is 16.3 Å². The van der Waals surface area contributed by atoms with E-state index in [9.17, 15) is 0 Å². The van der Waals surface area contributed by atoms with Gasteiger partial charge >= 0.3 is 0 Å². The first-order chi connectivity index (χ1) is 16.2. The summed E-state index contributed by atoms with van der Waals surface area (Å²) in [4.78, 5) is 3.73. The fourth-order valence-electron chi connectivity index (χ4n) is 4.22. The van der Waals surface area contributed by atoms with Crippen LogP contribution in [-0.2, 0) is 6.54 Å². The number of rotatable bonds is 10. The quantitative estimate of drug-likeness (QED) is 0.219. The van der Waals surface area contributed by atoms with Gasteiger partial charge in [0, 0.05) is 22.0 Å². The molecule has 1 heterocycles. The minimum absolute atomic E-state index is 0.750. The summed E-state index contributed by atoms with van der Waals surface area (Å²) in [6.45, 7) is 7.27. The lowest BCUT2D eigenvalue weighted by Gasteiger charge is -2.27. The Labute approximate surface area is 207 Å². The van der Waals surface area contributed by atoms with Crippen LogP contribution in [0.3, 0.4) is 0 Å². The maximum atomic E-state index is 6.28. The van der Waals surface area contributed by atoms with E-state index in [0.717, 1.165) is 41.8 Å². The zero-order valence-corrected chi connectivity index (χ0v) is 21.0. The number of halogens is 1. The maximum Gasteiger partial charge on any atom is 0.124 e. The highest BCUT2D eigenvalue weighted by Gasteiger charge is 2.15. The molecule has 0 radical (unpaired) electrons. The van der Waals surface area contributed by atoms with Crippen LogP contribution in [0.2, 0.25) is 5.02 Å². The molecule has 0 N–H and O–H groups in total. The topological polar surface area (TPSA) is 15.7 Å². The second-order valence-electron chi connectivity index (χ2n) is 8.58. The summed E-state index contributed by atoms with van der Waals surface area (Å²) in [5.41, 5.74) is 3.65. The largest absolute Gasteiger partial charge is 0.493 e. The van der Waals surface area contributed by atoms with Crippen molar-refractivity contribution in [2.75, 3.05) is 30.5 Å². The molecule has 0 saturated carbocycles. The first-order valence-corrected chi connectivity index (χ1v) is 13.0. The average molecular weight is 481 g/mol. The van der Waals surface area contributed by atoms with Gasteiger partial charge in [0.2, 0.25) is 0 Å². The summed E-state index contributed by atoms with van der Waals surface area (Å²) in [5.74, 6) is 0.978. The molecule has 0 atom stereocenters. The zero-order chi connectivity index (χ0) is 22.9. The molecule has 174 valence electrons. The summed E-state index contributed by atoms with van der Waals surface area (Å²) in [6, 6.07) is 25.0. The van der Waals surface area contributed by atoms with Crippen molar-refractivity contribution >= 4 is 29.2 Å². The first-order valence-electron chi connectivity index (χ1n) is 11.9. The van der Waals surface area contributed by atoms with E-state index in [1.807, 2.05) is 12.1 Å². The van der Waals surface area contributed by atoms with Gasteiger partial charge in [-0.25, -0.2) is 0 Å². The molecule has 1 aliphatic rings. The molecule has 0 aromatic heterocycles. The van der Waals surface area contributed by atoms with Crippen LogP contribution in [0.4, 0.5) is 5.69 Å². The predicted octanol–water partition coefficient (Wildman–Crippen LogP) is 7.62. The van der Waals surface area contributed by atoms with Crippen LogP contribution in [0.5, 0.6) is 5.75 Å². The summed E-state index contributed by atoms with van der Waals surface area (Å²) < 4.78 is 8.62. The van der Waals surface area contributed by atoms with E-state index in [2.05, 4.69) is 76.8 Å². The molecule has 0 unspecified atom stereocenters. The van der Waals surface area contributed by atoms with Gasteiger partial charge in [0.05, 0.1) is 18.8 Å². The number of para-hydroxylation sites is 2. The van der Waals surface area contributed by atoms with Gasteiger partial charge in [-0.2, -0.15) is 0 Å². The number of benzene rings is 3. The predicted molar refractivity (Wildman–Crippen MR) is 142 cm³/mol. The molecule has 33 heavy (non-hydrogen) atoms. The van der Waals surface area contributed by atoms with Gasteiger partial charge in [0.15, 0.2) is 0 Å². The van der Waals surface area contributed by atoms with Gasteiger partial charge in [-0.1, -0.05) is 54.4 Å². The number of ether oxygens (including phenoxy) is 1. The van der Waals surface area contributed by atoms with Gasteiger partial charge in [-0.15, -0.1) is 0 Å². The molecule has 0 spiro atoms. The lowest BCUT2D eigenvalue weighted by Crippen LogP contribution is -2.31. The molecule has 5 heteroatoms. The van der Waals surface area contributed by atoms with E-state index < -0.39 is 0 Å². The number of hydrogen-bond acceptors (Lipinski definition) is 4. The SMILES string of the molecule is Cc1ccccc1N(Cc1ccccc1OCCCN1CCCCC1)Sc1ccc(Cl)cc1. The van der Waals surface area contributed by atoms with Gasteiger partial charge < -0.3 is 13.9 Å². The van der Waals surface area contributed by atoms with Crippen molar-refractivity contribution in [3.63, 3.8) is 0 Å². The van der Waals surface area contributed by atoms with Gasteiger partial charge in [-0.3, -0.25) is 0 Å². The van der Waals surface area contributed by atoms with Crippen LogP contribution in [0.25, 0.3) is 0 Å². The number of nitrogens with zero attached hydrogens (tertiary/aromatic N) is 2. The third-order valence-electron chi connectivity index (χ3n) is 6.02. The lowest BCUT2D eigenvalue weighted by molar-refractivity contribution is 0.204. The van der Waals surface area contributed by atoms with E-state index in [0.29, 0.717) is 0 Å². The Bertz CT molecular complexity index is 1000. The third kappa shape index (κ3) is 7.17. The minimum atomic E-state index is 0.750. The second-order valence-corrected chi connectivity index (χ2v) is 10.1. The van der Waals surface area contributed by atoms with E-state index in [1.54, 1.807) is 11.9 Å². The van der Waals surface area contributed by atoms with Gasteiger partial charge in [0.1, 0.15) is 5.75 Å². The van der Waals surface area contributed by atoms with Crippen LogP contribution in [0, 0.1) is 6.92 Å². The van der Waals surface area contributed by atoms with Gasteiger partial charge in [0.25, 0.3) is 0 Å². The standard InChI is InChI=1S/C28H33ClN2OS/c1-23-10-3-5-12-27(23)31(33-26-16-14-25(29)15-17-26)22-24-11-4-6-13-28(24)32-21-9-20-30-18-7-2-8-19-30/h3-6,10-17H,2,7-9,18-22H2,1H3. The highest BCUT2D eigenvalue weighted by Crippen LogP contribution is 2.35. The molecule has 0 bridgehead atoms. The fourth-order valence-corrected chi connectivity index (χ4v) is 5.36. The number of likely N-dealkylation sites (tertiary alicyclic amines) is 1. The molecule has 3 aromatic rings. The molecular weight excluding hydrogens is 448 g/mol. The van der Waals surface area contributed by atoms with Crippen molar-refractivity contribution in [1.82, 2.24) is 4.90 Å². The first kappa shape index (κ1) is 24.0. The van der Waals surface area contributed by atoms with Crippen LogP contribution >= 0.6 is 23.5 Å². The van der Waals surface area contributed by atoms with Crippen LogP contribution in [0.1, 0.15) is 36.8 Å². The van der Waals surface area contributed by atoms with Gasteiger partial charge in [-0.05, 0) is 93.2 Å². The molecule has 1 aliphatic heterocycles. The lowest BCUT2D eigenvalue weighted by atomic mass is 10.1. The smallest absolute Gasteiger partial charge is 0.124 e. The average Bonchev–Trinajstić information content (AvgIpc) is 2.85. The van der Waals surface area contributed by atoms with E-state index in [1.165, 1.54) is 49.2 Å². The van der Waals surface area contributed by atoms with E-state index in [-0.39, 0.29) is 0 Å². The molecular formula is C28H33ClN2OS. The normalized spacial score (nSPS) is 14.2. The Hall–Kier alpha value is -2.14. The molecule has 1 fully saturated rings. The number of aryl methyl sites for hydroxylation is 1. The Kier molecular flexibility index (Phi) is 8.99. The minimum Gasteiger partial charge on any atom is -0.493 e. The summed E-state index contributed by atoms with van der Waals surface area (Å²) in [5, 5.41) is 0.755. The Morgan fingerprint density at radius 2 is 1.64 bits per heavy atom. The second kappa shape index (κ2) is 12.4. The van der Waals surface area contributed by atoms with Crippen molar-refractivity contribution in [2.24, 2.45) is 0 Å². The van der Waals surface area contributed by atoms with Crippen molar-refractivity contribution in [3.05, 3.63) is 88.9 Å². The van der Waals surface area contributed by atoms with Crippen LogP contribution in [-0.4, -0.2) is 31.1 Å². The Morgan fingerprint density at radius 3 is 2.42 bits per heavy atom. The highest BCUT2D eigenvalue weighted by molar-refractivity contribution is 8.00. The summed E-state index contributed by atoms with van der Waals surface area (Å²) in [7, 11) is 0.